The molecule has 0 spiro atoms. The molecule has 0 saturated carbocycles. The molecule has 102 valence electrons. The molecule has 0 aliphatic rings. The number of rotatable bonds is 7. The van der Waals surface area contributed by atoms with Gasteiger partial charge in [-0.2, -0.15) is 0 Å². The molecule has 0 aliphatic heterocycles. The predicted octanol–water partition coefficient (Wildman–Crippen LogP) is 0.742. The number of esters is 1. The summed E-state index contributed by atoms with van der Waals surface area (Å²) in [6.45, 7) is 6.73. The summed E-state index contributed by atoms with van der Waals surface area (Å²) in [5, 5.41) is 3.21. The maximum Gasteiger partial charge on any atom is 0.306 e. The Morgan fingerprint density at radius 3 is 2.29 bits per heavy atom. The van der Waals surface area contributed by atoms with Gasteiger partial charge in [0.15, 0.2) is 9.84 Å². The Labute approximate surface area is 104 Å². The van der Waals surface area contributed by atoms with Crippen LogP contribution in [0.2, 0.25) is 0 Å². The first-order valence-corrected chi connectivity index (χ1v) is 7.51. The first kappa shape index (κ1) is 16.4. The molecule has 0 atom stereocenters. The molecule has 6 heteroatoms. The zero-order valence-electron chi connectivity index (χ0n) is 11.1. The van der Waals surface area contributed by atoms with Gasteiger partial charge in [0.05, 0.1) is 25.0 Å². The molecule has 0 amide bonds. The number of hydrogen-bond donors (Lipinski definition) is 1. The molecule has 0 aromatic rings. The van der Waals surface area contributed by atoms with Gasteiger partial charge in [-0.3, -0.25) is 4.79 Å². The molecule has 0 aromatic heterocycles. The van der Waals surface area contributed by atoms with Crippen LogP contribution in [0, 0.1) is 0 Å². The summed E-state index contributed by atoms with van der Waals surface area (Å²) in [7, 11) is -1.89. The number of carbonyl (C=O) groups is 1. The summed E-state index contributed by atoms with van der Waals surface area (Å²) >= 11 is 0. The van der Waals surface area contributed by atoms with Crippen molar-refractivity contribution >= 4 is 15.8 Å². The molecule has 0 rings (SSSR count). The lowest BCUT2D eigenvalue weighted by molar-refractivity contribution is -0.140. The third-order valence-corrected chi connectivity index (χ3v) is 3.87. The van der Waals surface area contributed by atoms with Crippen molar-refractivity contribution in [2.45, 2.75) is 39.2 Å². The summed E-state index contributed by atoms with van der Waals surface area (Å²) in [5.41, 5.74) is -0.00419. The maximum atomic E-state index is 11.5. The Morgan fingerprint density at radius 2 is 1.82 bits per heavy atom. The third-order valence-electron chi connectivity index (χ3n) is 2.13. The van der Waals surface area contributed by atoms with Crippen molar-refractivity contribution in [3.63, 3.8) is 0 Å². The van der Waals surface area contributed by atoms with Crippen LogP contribution in [-0.2, 0) is 19.4 Å². The molecule has 0 unspecified atom stereocenters. The standard InChI is InChI=1S/C11H23NO4S/c1-11(2,3)12-7-5-8-17(14,15)9-6-10(13)16-4/h12H,5-9H2,1-4H3. The second-order valence-corrected chi connectivity index (χ2v) is 7.31. The minimum atomic E-state index is -3.15. The fourth-order valence-corrected chi connectivity index (χ4v) is 2.46. The van der Waals surface area contributed by atoms with Crippen LogP contribution in [0.25, 0.3) is 0 Å². The minimum absolute atomic E-state index is 0.00419. The van der Waals surface area contributed by atoms with Gasteiger partial charge in [0.1, 0.15) is 0 Å². The second kappa shape index (κ2) is 6.96. The largest absolute Gasteiger partial charge is 0.469 e. The van der Waals surface area contributed by atoms with Gasteiger partial charge in [0.25, 0.3) is 0 Å². The number of carbonyl (C=O) groups excluding carboxylic acids is 1. The van der Waals surface area contributed by atoms with Crippen molar-refractivity contribution < 1.29 is 17.9 Å². The minimum Gasteiger partial charge on any atom is -0.469 e. The highest BCUT2D eigenvalue weighted by molar-refractivity contribution is 7.91. The fraction of sp³-hybridized carbons (Fsp3) is 0.909. The predicted molar refractivity (Wildman–Crippen MR) is 67.7 cm³/mol. The van der Waals surface area contributed by atoms with Gasteiger partial charge in [0, 0.05) is 5.54 Å². The van der Waals surface area contributed by atoms with E-state index >= 15 is 0 Å². The number of sulfone groups is 1. The van der Waals surface area contributed by atoms with E-state index < -0.39 is 15.8 Å². The Bertz CT molecular complexity index is 330. The highest BCUT2D eigenvalue weighted by Crippen LogP contribution is 2.01. The smallest absolute Gasteiger partial charge is 0.306 e. The Kier molecular flexibility index (Phi) is 6.70. The molecule has 0 bridgehead atoms. The van der Waals surface area contributed by atoms with Crippen molar-refractivity contribution in [1.82, 2.24) is 5.32 Å². The second-order valence-electron chi connectivity index (χ2n) is 5.01. The van der Waals surface area contributed by atoms with Crippen LogP contribution < -0.4 is 5.32 Å². The Hall–Kier alpha value is -0.620. The van der Waals surface area contributed by atoms with E-state index in [1.165, 1.54) is 7.11 Å². The van der Waals surface area contributed by atoms with Gasteiger partial charge in [-0.1, -0.05) is 0 Å². The number of methoxy groups -OCH3 is 1. The van der Waals surface area contributed by atoms with Crippen molar-refractivity contribution in [3.05, 3.63) is 0 Å². The molecule has 1 N–H and O–H groups in total. The molecule has 0 aliphatic carbocycles. The summed E-state index contributed by atoms with van der Waals surface area (Å²) in [4.78, 5) is 10.8. The summed E-state index contributed by atoms with van der Waals surface area (Å²) in [6.07, 6.45) is 0.492. The van der Waals surface area contributed by atoms with Crippen LogP contribution in [0.5, 0.6) is 0 Å². The third kappa shape index (κ3) is 10.3. The Balaban J connectivity index is 3.83. The van der Waals surface area contributed by atoms with Gasteiger partial charge < -0.3 is 10.1 Å². The van der Waals surface area contributed by atoms with Crippen LogP contribution in [-0.4, -0.2) is 45.1 Å². The Morgan fingerprint density at radius 1 is 1.24 bits per heavy atom. The first-order valence-electron chi connectivity index (χ1n) is 5.68. The molecule has 5 nitrogen and oxygen atoms in total. The molecule has 0 saturated heterocycles. The summed E-state index contributed by atoms with van der Waals surface area (Å²) in [6, 6.07) is 0. The van der Waals surface area contributed by atoms with Crippen molar-refractivity contribution in [2.75, 3.05) is 25.2 Å². The van der Waals surface area contributed by atoms with Crippen molar-refractivity contribution in [3.8, 4) is 0 Å². The van der Waals surface area contributed by atoms with E-state index in [-0.39, 0.29) is 23.5 Å². The van der Waals surface area contributed by atoms with Gasteiger partial charge in [-0.25, -0.2) is 8.42 Å². The molecule has 0 radical (unpaired) electrons. The van der Waals surface area contributed by atoms with Crippen LogP contribution >= 0.6 is 0 Å². The van der Waals surface area contributed by atoms with E-state index in [0.29, 0.717) is 13.0 Å². The monoisotopic (exact) mass is 265 g/mol. The van der Waals surface area contributed by atoms with E-state index in [2.05, 4.69) is 10.1 Å². The van der Waals surface area contributed by atoms with E-state index in [4.69, 9.17) is 0 Å². The van der Waals surface area contributed by atoms with Crippen LogP contribution in [0.3, 0.4) is 0 Å². The fourth-order valence-electron chi connectivity index (χ4n) is 1.20. The zero-order valence-corrected chi connectivity index (χ0v) is 11.9. The molecular weight excluding hydrogens is 242 g/mol. The van der Waals surface area contributed by atoms with Gasteiger partial charge in [0.2, 0.25) is 0 Å². The number of ether oxygens (including phenoxy) is 1. The lowest BCUT2D eigenvalue weighted by atomic mass is 10.1. The average molecular weight is 265 g/mol. The zero-order chi connectivity index (χ0) is 13.5. The lowest BCUT2D eigenvalue weighted by Crippen LogP contribution is -2.37. The summed E-state index contributed by atoms with van der Waals surface area (Å²) in [5.74, 6) is -0.510. The normalized spacial score (nSPS) is 12.5. The van der Waals surface area contributed by atoms with Gasteiger partial charge >= 0.3 is 5.97 Å². The highest BCUT2D eigenvalue weighted by atomic mass is 32.2. The average Bonchev–Trinajstić information content (AvgIpc) is 2.20. The van der Waals surface area contributed by atoms with E-state index in [1.54, 1.807) is 0 Å². The molecular formula is C11H23NO4S. The van der Waals surface area contributed by atoms with Crippen molar-refractivity contribution in [2.24, 2.45) is 0 Å². The quantitative estimate of drug-likeness (QED) is 0.543. The topological polar surface area (TPSA) is 72.5 Å². The highest BCUT2D eigenvalue weighted by Gasteiger charge is 2.14. The number of nitrogens with one attached hydrogen (secondary N) is 1. The number of hydrogen-bond acceptors (Lipinski definition) is 5. The first-order chi connectivity index (χ1) is 7.66. The van der Waals surface area contributed by atoms with Gasteiger partial charge in [-0.15, -0.1) is 0 Å². The lowest BCUT2D eigenvalue weighted by Gasteiger charge is -2.20. The van der Waals surface area contributed by atoms with Crippen molar-refractivity contribution in [1.29, 1.82) is 0 Å². The van der Waals surface area contributed by atoms with E-state index in [0.717, 1.165) is 0 Å². The van der Waals surface area contributed by atoms with Crippen LogP contribution in [0.1, 0.15) is 33.6 Å². The van der Waals surface area contributed by atoms with Crippen LogP contribution in [0.15, 0.2) is 0 Å². The SMILES string of the molecule is COC(=O)CCS(=O)(=O)CCCNC(C)(C)C. The van der Waals surface area contributed by atoms with E-state index in [1.807, 2.05) is 20.8 Å². The summed E-state index contributed by atoms with van der Waals surface area (Å²) < 4.78 is 27.5. The molecule has 17 heavy (non-hydrogen) atoms. The molecule has 0 aromatic carbocycles. The van der Waals surface area contributed by atoms with E-state index in [9.17, 15) is 13.2 Å². The molecule has 0 heterocycles. The van der Waals surface area contributed by atoms with Gasteiger partial charge in [-0.05, 0) is 33.7 Å². The maximum absolute atomic E-state index is 11.5. The van der Waals surface area contributed by atoms with Crippen LogP contribution in [0.4, 0.5) is 0 Å². The molecule has 0 fully saturated rings.